The summed E-state index contributed by atoms with van der Waals surface area (Å²) < 4.78 is 55.2. The summed E-state index contributed by atoms with van der Waals surface area (Å²) in [4.78, 5) is 4.59. The lowest BCUT2D eigenvalue weighted by Crippen LogP contribution is -2.15. The molecule has 1 heterocycles. The van der Waals surface area contributed by atoms with Gasteiger partial charge in [0, 0.05) is 11.9 Å². The second-order valence-electron chi connectivity index (χ2n) is 8.45. The van der Waals surface area contributed by atoms with E-state index in [9.17, 15) is 22.3 Å². The van der Waals surface area contributed by atoms with Crippen molar-refractivity contribution in [1.29, 1.82) is 0 Å². The van der Waals surface area contributed by atoms with Gasteiger partial charge in [-0.15, -0.1) is 0 Å². The quantitative estimate of drug-likeness (QED) is 0.394. The number of halogens is 2. The maximum atomic E-state index is 14.6. The van der Waals surface area contributed by atoms with Gasteiger partial charge in [0.1, 0.15) is 17.2 Å². The van der Waals surface area contributed by atoms with E-state index in [1.54, 1.807) is 69.4 Å². The minimum Gasteiger partial charge on any atom is -0.384 e. The van der Waals surface area contributed by atoms with Crippen LogP contribution >= 0.6 is 0 Å². The summed E-state index contributed by atoms with van der Waals surface area (Å²) in [6.45, 7) is 4.68. The zero-order valence-electron chi connectivity index (χ0n) is 19.0. The number of aromatic nitrogens is 2. The number of rotatable bonds is 6. The van der Waals surface area contributed by atoms with Crippen LogP contribution in [0.5, 0.6) is 0 Å². The molecule has 8 heteroatoms. The Bertz CT molecular complexity index is 1430. The van der Waals surface area contributed by atoms with Crippen molar-refractivity contribution in [1.82, 2.24) is 9.55 Å². The molecule has 0 amide bonds. The van der Waals surface area contributed by atoms with Crippen LogP contribution in [0, 0.1) is 11.6 Å². The van der Waals surface area contributed by atoms with E-state index in [0.717, 1.165) is 23.3 Å². The highest BCUT2D eigenvalue weighted by atomic mass is 32.2. The Morgan fingerprint density at radius 3 is 2.15 bits per heavy atom. The molecule has 0 saturated heterocycles. The molecule has 34 heavy (non-hydrogen) atoms. The fraction of sp³-hybridized carbons (Fsp3) is 0.192. The van der Waals surface area contributed by atoms with Gasteiger partial charge in [-0.3, -0.25) is 4.57 Å². The molecule has 4 rings (SSSR count). The minimum absolute atomic E-state index is 0.00887. The predicted molar refractivity (Wildman–Crippen MR) is 127 cm³/mol. The van der Waals surface area contributed by atoms with Crippen molar-refractivity contribution in [2.24, 2.45) is 0 Å². The van der Waals surface area contributed by atoms with Crippen molar-refractivity contribution < 1.29 is 22.3 Å². The van der Waals surface area contributed by atoms with Crippen LogP contribution in [0.15, 0.2) is 77.8 Å². The first kappa shape index (κ1) is 23.8. The zero-order chi connectivity index (χ0) is 24.7. The molecule has 0 saturated carbocycles. The molecule has 176 valence electrons. The third-order valence-corrected chi connectivity index (χ3v) is 7.30. The number of sulfone groups is 1. The summed E-state index contributed by atoms with van der Waals surface area (Å²) in [5.41, 5.74) is 0.711. The average Bonchev–Trinajstić information content (AvgIpc) is 3.25. The zero-order valence-corrected chi connectivity index (χ0v) is 19.8. The third kappa shape index (κ3) is 4.51. The van der Waals surface area contributed by atoms with Crippen LogP contribution in [0.25, 0.3) is 28.2 Å². The van der Waals surface area contributed by atoms with Crippen LogP contribution in [0.1, 0.15) is 26.5 Å². The van der Waals surface area contributed by atoms with Gasteiger partial charge >= 0.3 is 0 Å². The molecule has 4 aromatic rings. The average molecular weight is 483 g/mol. The Kier molecular flexibility index (Phi) is 6.14. The van der Waals surface area contributed by atoms with Gasteiger partial charge in [-0.05, 0) is 61.4 Å². The summed E-state index contributed by atoms with van der Waals surface area (Å²) >= 11 is 0. The van der Waals surface area contributed by atoms with Crippen LogP contribution in [0.4, 0.5) is 8.78 Å². The molecule has 0 aliphatic rings. The van der Waals surface area contributed by atoms with E-state index in [1.165, 1.54) is 10.6 Å². The summed E-state index contributed by atoms with van der Waals surface area (Å²) in [5, 5.41) is 10.5. The number of hydrogen-bond acceptors (Lipinski definition) is 4. The lowest BCUT2D eigenvalue weighted by Gasteiger charge is -2.13. The number of benzene rings is 3. The van der Waals surface area contributed by atoms with E-state index in [-0.39, 0.29) is 27.7 Å². The lowest BCUT2D eigenvalue weighted by molar-refractivity contribution is 0.0743. The first-order valence-electron chi connectivity index (χ1n) is 10.7. The van der Waals surface area contributed by atoms with Gasteiger partial charge in [-0.25, -0.2) is 22.2 Å². The molecule has 5 nitrogen and oxygen atoms in total. The number of imidazole rings is 1. The van der Waals surface area contributed by atoms with E-state index in [0.29, 0.717) is 5.69 Å². The van der Waals surface area contributed by atoms with E-state index >= 15 is 0 Å². The number of nitrogens with zero attached hydrogens (tertiary/aromatic N) is 2. The molecule has 0 aliphatic carbocycles. The predicted octanol–water partition coefficient (Wildman–Crippen LogP) is 5.51. The maximum absolute atomic E-state index is 14.6. The maximum Gasteiger partial charge on any atom is 0.178 e. The van der Waals surface area contributed by atoms with Crippen LogP contribution in [-0.4, -0.2) is 28.8 Å². The van der Waals surface area contributed by atoms with Crippen molar-refractivity contribution in [3.05, 3.63) is 90.3 Å². The second-order valence-corrected chi connectivity index (χ2v) is 10.7. The lowest BCUT2D eigenvalue weighted by atomic mass is 10.1. The van der Waals surface area contributed by atoms with E-state index in [1.807, 2.05) is 6.07 Å². The summed E-state index contributed by atoms with van der Waals surface area (Å²) in [6.07, 6.45) is 1.55. The molecule has 0 unspecified atom stereocenters. The molecule has 0 fully saturated rings. The first-order valence-corrected chi connectivity index (χ1v) is 12.4. The molecule has 0 spiro atoms. The van der Waals surface area contributed by atoms with Crippen molar-refractivity contribution in [3.63, 3.8) is 0 Å². The third-order valence-electron chi connectivity index (χ3n) is 5.57. The van der Waals surface area contributed by atoms with Gasteiger partial charge in [0.15, 0.2) is 15.7 Å². The molecule has 0 bridgehead atoms. The molecule has 3 aromatic carbocycles. The van der Waals surface area contributed by atoms with Crippen molar-refractivity contribution >= 4 is 9.84 Å². The van der Waals surface area contributed by atoms with Crippen molar-refractivity contribution in [3.8, 4) is 28.2 Å². The van der Waals surface area contributed by atoms with Crippen LogP contribution in [-0.2, 0) is 15.4 Å². The fourth-order valence-electron chi connectivity index (χ4n) is 3.61. The highest BCUT2D eigenvalue weighted by Crippen LogP contribution is 2.32. The van der Waals surface area contributed by atoms with Crippen LogP contribution in [0.3, 0.4) is 0 Å². The van der Waals surface area contributed by atoms with Gasteiger partial charge in [-0.2, -0.15) is 0 Å². The highest BCUT2D eigenvalue weighted by Gasteiger charge is 2.25. The topological polar surface area (TPSA) is 72.2 Å². The summed E-state index contributed by atoms with van der Waals surface area (Å²) in [7, 11) is -3.34. The van der Waals surface area contributed by atoms with Gasteiger partial charge in [0.2, 0.25) is 0 Å². The SMILES string of the molecule is CCS(=O)(=O)c1cccc(-c2ccc(-n3cc(C(C)(C)O)nc3-c3c(F)cccc3F)cc2)c1. The van der Waals surface area contributed by atoms with Gasteiger partial charge < -0.3 is 5.11 Å². The first-order chi connectivity index (χ1) is 16.0. The van der Waals surface area contributed by atoms with Crippen LogP contribution in [0.2, 0.25) is 0 Å². The van der Waals surface area contributed by atoms with Crippen molar-refractivity contribution in [2.45, 2.75) is 31.3 Å². The molecule has 0 aliphatic heterocycles. The molecule has 0 atom stereocenters. The fourth-order valence-corrected chi connectivity index (χ4v) is 4.54. The summed E-state index contributed by atoms with van der Waals surface area (Å²) in [6, 6.07) is 17.3. The molecule has 1 N–H and O–H groups in total. The largest absolute Gasteiger partial charge is 0.384 e. The highest BCUT2D eigenvalue weighted by molar-refractivity contribution is 7.91. The standard InChI is InChI=1S/C26H24F2N2O3S/c1-4-34(32,33)20-8-5-7-18(15-20)17-11-13-19(14-12-17)30-16-23(26(2,3)31)29-25(30)24-21(27)9-6-10-22(24)28/h5-16,31H,4H2,1-3H3. The smallest absolute Gasteiger partial charge is 0.178 e. The molecular formula is C26H24F2N2O3S. The Balaban J connectivity index is 1.81. The van der Waals surface area contributed by atoms with Gasteiger partial charge in [0.05, 0.1) is 21.9 Å². The number of hydrogen-bond donors (Lipinski definition) is 1. The second kappa shape index (κ2) is 8.77. The van der Waals surface area contributed by atoms with E-state index < -0.39 is 27.1 Å². The molecular weight excluding hydrogens is 458 g/mol. The Hall–Kier alpha value is -3.36. The molecule has 0 radical (unpaired) electrons. The minimum atomic E-state index is -3.34. The Morgan fingerprint density at radius 1 is 0.941 bits per heavy atom. The van der Waals surface area contributed by atoms with E-state index in [2.05, 4.69) is 4.98 Å². The number of aliphatic hydroxyl groups is 1. The van der Waals surface area contributed by atoms with E-state index in [4.69, 9.17) is 0 Å². The normalized spacial score (nSPS) is 12.2. The van der Waals surface area contributed by atoms with Crippen LogP contribution < -0.4 is 0 Å². The van der Waals surface area contributed by atoms with Crippen molar-refractivity contribution in [2.75, 3.05) is 5.75 Å². The molecule has 1 aromatic heterocycles. The van der Waals surface area contributed by atoms with Gasteiger partial charge in [0.25, 0.3) is 0 Å². The van der Waals surface area contributed by atoms with Gasteiger partial charge in [-0.1, -0.05) is 37.3 Å². The monoisotopic (exact) mass is 482 g/mol. The Labute approximate surface area is 197 Å². The summed E-state index contributed by atoms with van der Waals surface area (Å²) in [5.74, 6) is -1.49. The Morgan fingerprint density at radius 2 is 1.56 bits per heavy atom.